The normalized spacial score (nSPS) is 18.7. The molecular weight excluding hydrogens is 269 g/mol. The van der Waals surface area contributed by atoms with E-state index < -0.39 is 0 Å². The highest BCUT2D eigenvalue weighted by Gasteiger charge is 2.24. The second-order valence-corrected chi connectivity index (χ2v) is 5.74. The van der Waals surface area contributed by atoms with Gasteiger partial charge >= 0.3 is 0 Å². The van der Waals surface area contributed by atoms with E-state index in [4.69, 9.17) is 0 Å². The standard InChI is InChI=1S/C17H22FNO2/c1-12(15-4-3-5-16(18)11-15)10-17(21)19-8-6-14(7-9-19)13(2)20/h3-5,10-11,13-14,20H,6-9H2,1-2H3. The summed E-state index contributed by atoms with van der Waals surface area (Å²) in [6.07, 6.45) is 2.91. The summed E-state index contributed by atoms with van der Waals surface area (Å²) in [6, 6.07) is 6.25. The van der Waals surface area contributed by atoms with Gasteiger partial charge in [0.25, 0.3) is 0 Å². The molecule has 0 spiro atoms. The number of halogens is 1. The number of aliphatic hydroxyl groups is 1. The molecule has 1 aromatic carbocycles. The molecule has 1 aromatic rings. The minimum atomic E-state index is -0.313. The van der Waals surface area contributed by atoms with Gasteiger partial charge < -0.3 is 10.0 Å². The highest BCUT2D eigenvalue weighted by atomic mass is 19.1. The van der Waals surface area contributed by atoms with Crippen molar-refractivity contribution in [3.05, 3.63) is 41.7 Å². The molecular formula is C17H22FNO2. The van der Waals surface area contributed by atoms with E-state index in [9.17, 15) is 14.3 Å². The van der Waals surface area contributed by atoms with Crippen LogP contribution in [0.15, 0.2) is 30.3 Å². The van der Waals surface area contributed by atoms with Crippen molar-refractivity contribution < 1.29 is 14.3 Å². The number of rotatable bonds is 3. The summed E-state index contributed by atoms with van der Waals surface area (Å²) in [5, 5.41) is 9.57. The first-order valence-electron chi connectivity index (χ1n) is 7.38. The number of amides is 1. The topological polar surface area (TPSA) is 40.5 Å². The Kier molecular flexibility index (Phi) is 5.12. The lowest BCUT2D eigenvalue weighted by atomic mass is 9.92. The van der Waals surface area contributed by atoms with Crippen molar-refractivity contribution >= 4 is 11.5 Å². The Morgan fingerprint density at radius 1 is 1.43 bits per heavy atom. The molecule has 1 aliphatic rings. The fraction of sp³-hybridized carbons (Fsp3) is 0.471. The van der Waals surface area contributed by atoms with Crippen LogP contribution in [0.25, 0.3) is 5.57 Å². The van der Waals surface area contributed by atoms with Crippen LogP contribution in [0.2, 0.25) is 0 Å². The van der Waals surface area contributed by atoms with E-state index in [0.29, 0.717) is 13.1 Å². The summed E-state index contributed by atoms with van der Waals surface area (Å²) in [5.41, 5.74) is 1.49. The minimum Gasteiger partial charge on any atom is -0.393 e. The molecule has 0 radical (unpaired) electrons. The van der Waals surface area contributed by atoms with Crippen LogP contribution in [0.1, 0.15) is 32.3 Å². The Morgan fingerprint density at radius 2 is 2.10 bits per heavy atom. The third-order valence-corrected chi connectivity index (χ3v) is 4.15. The zero-order valence-electron chi connectivity index (χ0n) is 12.6. The maximum absolute atomic E-state index is 13.2. The van der Waals surface area contributed by atoms with Crippen LogP contribution in [0.5, 0.6) is 0 Å². The van der Waals surface area contributed by atoms with Gasteiger partial charge in [-0.25, -0.2) is 4.39 Å². The second kappa shape index (κ2) is 6.85. The monoisotopic (exact) mass is 291 g/mol. The van der Waals surface area contributed by atoms with Gasteiger partial charge in [0.05, 0.1) is 6.10 Å². The molecule has 114 valence electrons. The molecule has 0 saturated carbocycles. The number of piperidine rings is 1. The number of likely N-dealkylation sites (tertiary alicyclic amines) is 1. The zero-order chi connectivity index (χ0) is 15.4. The molecule has 0 aromatic heterocycles. The largest absolute Gasteiger partial charge is 0.393 e. The van der Waals surface area contributed by atoms with Crippen molar-refractivity contribution in [2.45, 2.75) is 32.8 Å². The van der Waals surface area contributed by atoms with Crippen LogP contribution in [0.4, 0.5) is 4.39 Å². The molecule has 1 unspecified atom stereocenters. The molecule has 2 rings (SSSR count). The summed E-state index contributed by atoms with van der Waals surface area (Å²) in [5.74, 6) is -0.0615. The first kappa shape index (κ1) is 15.7. The number of aliphatic hydroxyl groups excluding tert-OH is 1. The lowest BCUT2D eigenvalue weighted by Gasteiger charge is -2.32. The maximum atomic E-state index is 13.2. The van der Waals surface area contributed by atoms with Crippen molar-refractivity contribution in [2.75, 3.05) is 13.1 Å². The van der Waals surface area contributed by atoms with Gasteiger partial charge in [0.1, 0.15) is 5.82 Å². The third-order valence-electron chi connectivity index (χ3n) is 4.15. The van der Waals surface area contributed by atoms with E-state index in [1.807, 2.05) is 6.92 Å². The maximum Gasteiger partial charge on any atom is 0.246 e. The molecule has 4 heteroatoms. The van der Waals surface area contributed by atoms with Crippen molar-refractivity contribution in [3.63, 3.8) is 0 Å². The van der Waals surface area contributed by atoms with Crippen LogP contribution in [-0.4, -0.2) is 35.1 Å². The molecule has 1 N–H and O–H groups in total. The van der Waals surface area contributed by atoms with Crippen molar-refractivity contribution in [2.24, 2.45) is 5.92 Å². The van der Waals surface area contributed by atoms with Crippen molar-refractivity contribution in [3.8, 4) is 0 Å². The number of benzene rings is 1. The second-order valence-electron chi connectivity index (χ2n) is 5.74. The van der Waals surface area contributed by atoms with Gasteiger partial charge in [-0.15, -0.1) is 0 Å². The summed E-state index contributed by atoms with van der Waals surface area (Å²) in [6.45, 7) is 4.95. The Bertz CT molecular complexity index is 531. The number of hydrogen-bond acceptors (Lipinski definition) is 2. The Labute approximate surface area is 125 Å². The van der Waals surface area contributed by atoms with Gasteiger partial charge in [-0.2, -0.15) is 0 Å². The van der Waals surface area contributed by atoms with E-state index in [2.05, 4.69) is 0 Å². The fourth-order valence-corrected chi connectivity index (χ4v) is 2.70. The fourth-order valence-electron chi connectivity index (χ4n) is 2.70. The summed E-state index contributed by atoms with van der Waals surface area (Å²) in [4.78, 5) is 14.0. The van der Waals surface area contributed by atoms with E-state index >= 15 is 0 Å². The van der Waals surface area contributed by atoms with Crippen molar-refractivity contribution in [1.29, 1.82) is 0 Å². The Hall–Kier alpha value is -1.68. The highest BCUT2D eigenvalue weighted by molar-refractivity contribution is 5.94. The third kappa shape index (κ3) is 4.14. The number of carbonyl (C=O) groups is 1. The van der Waals surface area contributed by atoms with E-state index in [0.717, 1.165) is 24.0 Å². The predicted molar refractivity (Wildman–Crippen MR) is 81.0 cm³/mol. The molecule has 1 amide bonds. The van der Waals surface area contributed by atoms with Crippen LogP contribution < -0.4 is 0 Å². The van der Waals surface area contributed by atoms with Crippen LogP contribution in [0.3, 0.4) is 0 Å². The van der Waals surface area contributed by atoms with Gasteiger partial charge in [0.15, 0.2) is 0 Å². The Morgan fingerprint density at radius 3 is 2.67 bits per heavy atom. The number of carbonyl (C=O) groups excluding carboxylic acids is 1. The average molecular weight is 291 g/mol. The summed E-state index contributed by atoms with van der Waals surface area (Å²) in [7, 11) is 0. The van der Waals surface area contributed by atoms with Gasteiger partial charge in [0, 0.05) is 19.2 Å². The van der Waals surface area contributed by atoms with Crippen LogP contribution in [-0.2, 0) is 4.79 Å². The molecule has 0 aliphatic carbocycles. The van der Waals surface area contributed by atoms with Crippen LogP contribution in [0, 0.1) is 11.7 Å². The molecule has 1 fully saturated rings. The van der Waals surface area contributed by atoms with E-state index in [1.54, 1.807) is 30.0 Å². The minimum absolute atomic E-state index is 0.0409. The Balaban J connectivity index is 1.99. The first-order valence-corrected chi connectivity index (χ1v) is 7.38. The van der Waals surface area contributed by atoms with Gasteiger partial charge in [0.2, 0.25) is 5.91 Å². The summed E-state index contributed by atoms with van der Waals surface area (Å²) >= 11 is 0. The molecule has 1 saturated heterocycles. The predicted octanol–water partition coefficient (Wildman–Crippen LogP) is 2.85. The van der Waals surface area contributed by atoms with E-state index in [1.165, 1.54) is 12.1 Å². The molecule has 3 nitrogen and oxygen atoms in total. The van der Waals surface area contributed by atoms with Gasteiger partial charge in [-0.1, -0.05) is 12.1 Å². The molecule has 1 heterocycles. The SMILES string of the molecule is CC(=CC(=O)N1CCC(C(C)O)CC1)c1cccc(F)c1. The molecule has 1 atom stereocenters. The highest BCUT2D eigenvalue weighted by Crippen LogP contribution is 2.21. The number of allylic oxidation sites excluding steroid dienone is 1. The number of nitrogens with zero attached hydrogens (tertiary/aromatic N) is 1. The number of hydrogen-bond donors (Lipinski definition) is 1. The smallest absolute Gasteiger partial charge is 0.246 e. The van der Waals surface area contributed by atoms with E-state index in [-0.39, 0.29) is 23.7 Å². The lowest BCUT2D eigenvalue weighted by molar-refractivity contribution is -0.127. The zero-order valence-corrected chi connectivity index (χ0v) is 12.6. The first-order chi connectivity index (χ1) is 9.97. The molecule has 0 bridgehead atoms. The summed E-state index contributed by atoms with van der Waals surface area (Å²) < 4.78 is 13.2. The molecule has 21 heavy (non-hydrogen) atoms. The van der Waals surface area contributed by atoms with Crippen molar-refractivity contribution in [1.82, 2.24) is 4.90 Å². The van der Waals surface area contributed by atoms with Gasteiger partial charge in [-0.3, -0.25) is 4.79 Å². The quantitative estimate of drug-likeness (QED) is 0.870. The van der Waals surface area contributed by atoms with Crippen LogP contribution >= 0.6 is 0 Å². The average Bonchev–Trinajstić information content (AvgIpc) is 2.47. The molecule has 1 aliphatic heterocycles. The van der Waals surface area contributed by atoms with Gasteiger partial charge in [-0.05, 0) is 55.9 Å². The lowest BCUT2D eigenvalue weighted by Crippen LogP contribution is -2.40.